The predicted molar refractivity (Wildman–Crippen MR) is 132 cm³/mol. The van der Waals surface area contributed by atoms with Gasteiger partial charge in [0.1, 0.15) is 0 Å². The van der Waals surface area contributed by atoms with Crippen molar-refractivity contribution in [3.05, 3.63) is 36.5 Å². The number of pyridine rings is 1. The van der Waals surface area contributed by atoms with Gasteiger partial charge in [0, 0.05) is 24.9 Å². The highest BCUT2D eigenvalue weighted by atomic mass is 32.2. The topological polar surface area (TPSA) is 42.0 Å². The lowest BCUT2D eigenvalue weighted by atomic mass is 10.1. The second-order valence-corrected chi connectivity index (χ2v) is 9.17. The molecule has 1 aromatic rings. The van der Waals surface area contributed by atoms with E-state index in [1.54, 1.807) is 11.8 Å². The average molecular weight is 433 g/mol. The van der Waals surface area contributed by atoms with Gasteiger partial charge in [-0.1, -0.05) is 76.5 Å². The molecule has 1 amide bonds. The predicted octanol–water partition coefficient (Wildman–Crippen LogP) is 7.72. The number of hydrogen-bond donors (Lipinski definition) is 1. The fraction of sp³-hybridized carbons (Fsp3) is 0.692. The summed E-state index contributed by atoms with van der Waals surface area (Å²) < 4.78 is 0. The molecule has 4 heteroatoms. The molecule has 0 spiro atoms. The number of carbonyl (C=O) groups is 1. The number of carbonyl (C=O) groups excluding carboxylic acids is 1. The van der Waals surface area contributed by atoms with Crippen LogP contribution in [0.15, 0.2) is 41.6 Å². The van der Waals surface area contributed by atoms with Gasteiger partial charge in [-0.3, -0.25) is 4.79 Å². The Balaban J connectivity index is 1.78. The lowest BCUT2D eigenvalue weighted by Gasteiger charge is -2.05. The summed E-state index contributed by atoms with van der Waals surface area (Å²) in [5, 5.41) is 4.09. The van der Waals surface area contributed by atoms with E-state index in [2.05, 4.69) is 29.4 Å². The van der Waals surface area contributed by atoms with Crippen molar-refractivity contribution >= 4 is 17.7 Å². The van der Waals surface area contributed by atoms with Crippen LogP contribution in [0.1, 0.15) is 103 Å². The molecule has 170 valence electrons. The maximum absolute atomic E-state index is 11.9. The van der Waals surface area contributed by atoms with Crippen LogP contribution < -0.4 is 5.32 Å². The van der Waals surface area contributed by atoms with Crippen LogP contribution in [0.2, 0.25) is 0 Å². The third-order valence-electron chi connectivity index (χ3n) is 5.20. The highest BCUT2D eigenvalue weighted by Gasteiger charge is 2.01. The van der Waals surface area contributed by atoms with Crippen LogP contribution in [-0.4, -0.2) is 23.2 Å². The standard InChI is InChI=1S/C26H44N2OS/c1-2-3-4-5-6-7-8-9-10-11-12-13-14-15-16-20-25(29)27-23-19-24-30-26-21-17-18-22-28-26/h9-10,17-18,21-22H,2-8,11-16,19-20,23-24H2,1H3,(H,27,29). The second-order valence-electron chi connectivity index (χ2n) is 8.05. The van der Waals surface area contributed by atoms with Crippen molar-refractivity contribution in [1.82, 2.24) is 10.3 Å². The lowest BCUT2D eigenvalue weighted by Crippen LogP contribution is -2.24. The molecule has 0 aromatic carbocycles. The molecule has 0 saturated carbocycles. The number of thioether (sulfide) groups is 1. The van der Waals surface area contributed by atoms with Crippen molar-refractivity contribution in [2.45, 2.75) is 108 Å². The van der Waals surface area contributed by atoms with Gasteiger partial charge < -0.3 is 5.32 Å². The molecule has 1 rings (SSSR count). The number of rotatable bonds is 20. The maximum atomic E-state index is 11.9. The third kappa shape index (κ3) is 17.6. The number of unbranched alkanes of at least 4 members (excludes halogenated alkanes) is 11. The first-order valence-electron chi connectivity index (χ1n) is 12.3. The van der Waals surface area contributed by atoms with E-state index >= 15 is 0 Å². The van der Waals surface area contributed by atoms with Crippen LogP contribution >= 0.6 is 11.8 Å². The molecular formula is C26H44N2OS. The normalized spacial score (nSPS) is 11.2. The van der Waals surface area contributed by atoms with Gasteiger partial charge >= 0.3 is 0 Å². The maximum Gasteiger partial charge on any atom is 0.219 e. The number of allylic oxidation sites excluding steroid dienone is 2. The average Bonchev–Trinajstić information content (AvgIpc) is 2.77. The Morgan fingerprint density at radius 3 is 2.23 bits per heavy atom. The van der Waals surface area contributed by atoms with E-state index < -0.39 is 0 Å². The zero-order valence-electron chi connectivity index (χ0n) is 19.2. The minimum atomic E-state index is 0.204. The molecule has 0 saturated heterocycles. The minimum absolute atomic E-state index is 0.204. The Bertz CT molecular complexity index is 533. The molecule has 0 fully saturated rings. The first kappa shape index (κ1) is 26.7. The second kappa shape index (κ2) is 21.0. The molecule has 1 aromatic heterocycles. The number of amides is 1. The van der Waals surface area contributed by atoms with Gasteiger partial charge in [0.25, 0.3) is 0 Å². The first-order valence-corrected chi connectivity index (χ1v) is 13.3. The van der Waals surface area contributed by atoms with E-state index in [4.69, 9.17) is 0 Å². The molecule has 0 aliphatic heterocycles. The molecule has 0 unspecified atom stereocenters. The summed E-state index contributed by atoms with van der Waals surface area (Å²) in [4.78, 5) is 16.2. The molecule has 0 bridgehead atoms. The Morgan fingerprint density at radius 2 is 1.57 bits per heavy atom. The van der Waals surface area contributed by atoms with E-state index in [-0.39, 0.29) is 5.91 Å². The molecule has 1 N–H and O–H groups in total. The van der Waals surface area contributed by atoms with Crippen molar-refractivity contribution in [2.24, 2.45) is 0 Å². The molecule has 30 heavy (non-hydrogen) atoms. The van der Waals surface area contributed by atoms with Crippen molar-refractivity contribution < 1.29 is 4.79 Å². The van der Waals surface area contributed by atoms with Crippen molar-refractivity contribution in [2.75, 3.05) is 12.3 Å². The number of hydrogen-bond acceptors (Lipinski definition) is 3. The van der Waals surface area contributed by atoms with Crippen LogP contribution in [0.5, 0.6) is 0 Å². The third-order valence-corrected chi connectivity index (χ3v) is 6.23. The first-order chi connectivity index (χ1) is 14.8. The number of aromatic nitrogens is 1. The largest absolute Gasteiger partial charge is 0.356 e. The summed E-state index contributed by atoms with van der Waals surface area (Å²) in [6, 6.07) is 5.96. The highest BCUT2D eigenvalue weighted by molar-refractivity contribution is 7.99. The van der Waals surface area contributed by atoms with Gasteiger partial charge in [0.2, 0.25) is 5.91 Å². The Morgan fingerprint density at radius 1 is 0.900 bits per heavy atom. The van der Waals surface area contributed by atoms with Gasteiger partial charge in [-0.05, 0) is 50.7 Å². The summed E-state index contributed by atoms with van der Waals surface area (Å²) in [5.41, 5.74) is 0. The van der Waals surface area contributed by atoms with Crippen LogP contribution in [0.25, 0.3) is 0 Å². The van der Waals surface area contributed by atoms with Gasteiger partial charge in [0.05, 0.1) is 5.03 Å². The van der Waals surface area contributed by atoms with Gasteiger partial charge in [-0.15, -0.1) is 11.8 Å². The molecule has 1 heterocycles. The summed E-state index contributed by atoms with van der Waals surface area (Å²) in [6.45, 7) is 3.04. The van der Waals surface area contributed by atoms with Crippen LogP contribution in [0.3, 0.4) is 0 Å². The number of nitrogens with zero attached hydrogens (tertiary/aromatic N) is 1. The SMILES string of the molecule is CCCCCCCCC=CCCCCCCCC(=O)NCCCSc1ccccn1. The smallest absolute Gasteiger partial charge is 0.219 e. The molecule has 0 aliphatic rings. The summed E-state index contributed by atoms with van der Waals surface area (Å²) in [6.07, 6.45) is 25.0. The van der Waals surface area contributed by atoms with E-state index in [1.165, 1.54) is 77.0 Å². The van der Waals surface area contributed by atoms with Gasteiger partial charge in [0.15, 0.2) is 0 Å². The van der Waals surface area contributed by atoms with Crippen molar-refractivity contribution in [1.29, 1.82) is 0 Å². The van der Waals surface area contributed by atoms with Gasteiger partial charge in [-0.25, -0.2) is 4.98 Å². The quantitative estimate of drug-likeness (QED) is 0.130. The van der Waals surface area contributed by atoms with E-state index in [9.17, 15) is 4.79 Å². The minimum Gasteiger partial charge on any atom is -0.356 e. The summed E-state index contributed by atoms with van der Waals surface area (Å²) in [5.74, 6) is 1.19. The Kier molecular flexibility index (Phi) is 18.7. The van der Waals surface area contributed by atoms with Crippen molar-refractivity contribution in [3.8, 4) is 0 Å². The molecule has 0 atom stereocenters. The zero-order valence-corrected chi connectivity index (χ0v) is 20.1. The van der Waals surface area contributed by atoms with Crippen LogP contribution in [0.4, 0.5) is 0 Å². The molecule has 0 aliphatic carbocycles. The Labute approximate surface area is 189 Å². The Hall–Kier alpha value is -1.29. The molecular weight excluding hydrogens is 388 g/mol. The van der Waals surface area contributed by atoms with E-state index in [1.807, 2.05) is 24.4 Å². The monoisotopic (exact) mass is 432 g/mol. The zero-order chi connectivity index (χ0) is 21.5. The lowest BCUT2D eigenvalue weighted by molar-refractivity contribution is -0.121. The van der Waals surface area contributed by atoms with E-state index in [0.29, 0.717) is 6.42 Å². The summed E-state index contributed by atoms with van der Waals surface area (Å²) >= 11 is 1.74. The molecule has 3 nitrogen and oxygen atoms in total. The van der Waals surface area contributed by atoms with Gasteiger partial charge in [-0.2, -0.15) is 0 Å². The van der Waals surface area contributed by atoms with Crippen LogP contribution in [0, 0.1) is 0 Å². The fourth-order valence-electron chi connectivity index (χ4n) is 3.35. The number of nitrogens with one attached hydrogen (secondary N) is 1. The summed E-state index contributed by atoms with van der Waals surface area (Å²) in [7, 11) is 0. The highest BCUT2D eigenvalue weighted by Crippen LogP contribution is 2.14. The molecule has 0 radical (unpaired) electrons. The van der Waals surface area contributed by atoms with Crippen molar-refractivity contribution in [3.63, 3.8) is 0 Å². The fourth-order valence-corrected chi connectivity index (χ4v) is 4.16. The van der Waals surface area contributed by atoms with Crippen LogP contribution in [-0.2, 0) is 4.79 Å². The van der Waals surface area contributed by atoms with E-state index in [0.717, 1.165) is 30.2 Å².